The number of nitrogens with zero attached hydrogens (tertiary/aromatic N) is 3. The van der Waals surface area contributed by atoms with Crippen LogP contribution in [0.25, 0.3) is 0 Å². The van der Waals surface area contributed by atoms with Crippen LogP contribution >= 0.6 is 0 Å². The van der Waals surface area contributed by atoms with E-state index in [4.69, 9.17) is 5.26 Å². The lowest BCUT2D eigenvalue weighted by atomic mass is 10.2. The van der Waals surface area contributed by atoms with Crippen LogP contribution in [0.4, 0.5) is 5.82 Å². The molecule has 1 aromatic rings. The Morgan fingerprint density at radius 1 is 1.62 bits per heavy atom. The minimum atomic E-state index is 0.206. The van der Waals surface area contributed by atoms with Crippen molar-refractivity contribution in [3.63, 3.8) is 0 Å². The number of nitrogens with one attached hydrogen (secondary N) is 2. The fourth-order valence-corrected chi connectivity index (χ4v) is 1.09. The Bertz CT molecular complexity index is 339. The van der Waals surface area contributed by atoms with Gasteiger partial charge in [0.25, 0.3) is 0 Å². The van der Waals surface area contributed by atoms with Gasteiger partial charge in [0, 0.05) is 19.3 Å². The van der Waals surface area contributed by atoms with Crippen molar-refractivity contribution >= 4 is 5.82 Å². The van der Waals surface area contributed by atoms with E-state index in [1.165, 1.54) is 0 Å². The van der Waals surface area contributed by atoms with Crippen LogP contribution in [0.15, 0.2) is 12.3 Å². The van der Waals surface area contributed by atoms with Gasteiger partial charge in [-0.3, -0.25) is 0 Å². The zero-order valence-electron chi connectivity index (χ0n) is 6.99. The lowest BCUT2D eigenvalue weighted by Gasteiger charge is -2.28. The largest absolute Gasteiger partial charge is 0.365 e. The molecular weight excluding hydrogens is 166 g/mol. The Labute approximate surface area is 75.8 Å². The molecule has 1 saturated heterocycles. The van der Waals surface area contributed by atoms with Crippen molar-refractivity contribution in [2.45, 2.75) is 6.04 Å². The fraction of sp³-hybridized carbons (Fsp3) is 0.375. The molecule has 0 unspecified atom stereocenters. The summed E-state index contributed by atoms with van der Waals surface area (Å²) in [6, 6.07) is 4.09. The minimum Gasteiger partial charge on any atom is -0.365 e. The molecule has 0 aliphatic carbocycles. The fourth-order valence-electron chi connectivity index (χ4n) is 1.09. The third kappa shape index (κ3) is 1.73. The Balaban J connectivity index is 2.07. The van der Waals surface area contributed by atoms with E-state index in [0.29, 0.717) is 6.04 Å². The Hall–Kier alpha value is -1.67. The van der Waals surface area contributed by atoms with Crippen LogP contribution in [0.5, 0.6) is 0 Å². The summed E-state index contributed by atoms with van der Waals surface area (Å²) in [5.41, 5.74) is 0. The molecule has 5 nitrogen and oxygen atoms in total. The Morgan fingerprint density at radius 3 is 3.08 bits per heavy atom. The molecule has 5 heteroatoms. The molecule has 1 aliphatic rings. The first-order valence-electron chi connectivity index (χ1n) is 4.09. The van der Waals surface area contributed by atoms with Crippen molar-refractivity contribution in [2.75, 3.05) is 18.4 Å². The maximum absolute atomic E-state index is 8.55. The standard InChI is InChI=1S/C8H9N5/c9-3-8-11-2-1-7(13-8)12-6-4-10-5-6/h1-2,6,10H,4-5H2,(H,11,12,13). The summed E-state index contributed by atoms with van der Waals surface area (Å²) in [5, 5.41) is 14.9. The van der Waals surface area contributed by atoms with Crippen molar-refractivity contribution in [2.24, 2.45) is 0 Å². The maximum atomic E-state index is 8.55. The van der Waals surface area contributed by atoms with Crippen LogP contribution in [-0.4, -0.2) is 29.1 Å². The van der Waals surface area contributed by atoms with E-state index in [9.17, 15) is 0 Å². The van der Waals surface area contributed by atoms with Gasteiger partial charge < -0.3 is 10.6 Å². The predicted molar refractivity (Wildman–Crippen MR) is 47.0 cm³/mol. The molecule has 66 valence electrons. The predicted octanol–water partition coefficient (Wildman–Crippen LogP) is -0.268. The van der Waals surface area contributed by atoms with Gasteiger partial charge >= 0.3 is 0 Å². The lowest BCUT2D eigenvalue weighted by molar-refractivity contribution is 0.471. The van der Waals surface area contributed by atoms with Gasteiger partial charge in [-0.25, -0.2) is 9.97 Å². The molecule has 1 aliphatic heterocycles. The van der Waals surface area contributed by atoms with Crippen LogP contribution in [0.1, 0.15) is 5.82 Å². The van der Waals surface area contributed by atoms with Crippen LogP contribution < -0.4 is 10.6 Å². The number of anilines is 1. The molecular formula is C8H9N5. The zero-order valence-corrected chi connectivity index (χ0v) is 6.99. The van der Waals surface area contributed by atoms with E-state index in [-0.39, 0.29) is 5.82 Å². The van der Waals surface area contributed by atoms with E-state index in [0.717, 1.165) is 18.9 Å². The van der Waals surface area contributed by atoms with Gasteiger partial charge in [0.1, 0.15) is 11.9 Å². The molecule has 0 spiro atoms. The third-order valence-corrected chi connectivity index (χ3v) is 1.89. The van der Waals surface area contributed by atoms with Gasteiger partial charge in [0.15, 0.2) is 0 Å². The Morgan fingerprint density at radius 2 is 2.46 bits per heavy atom. The summed E-state index contributed by atoms with van der Waals surface area (Å²) in [6.07, 6.45) is 1.58. The molecule has 2 heterocycles. The number of rotatable bonds is 2. The van der Waals surface area contributed by atoms with Crippen molar-refractivity contribution < 1.29 is 0 Å². The van der Waals surface area contributed by atoms with Crippen molar-refractivity contribution in [3.8, 4) is 6.07 Å². The normalized spacial score (nSPS) is 15.9. The molecule has 0 amide bonds. The van der Waals surface area contributed by atoms with Gasteiger partial charge in [0.2, 0.25) is 5.82 Å². The number of hydrogen-bond donors (Lipinski definition) is 2. The number of nitriles is 1. The molecule has 2 rings (SSSR count). The highest BCUT2D eigenvalue weighted by Gasteiger charge is 2.16. The van der Waals surface area contributed by atoms with Crippen molar-refractivity contribution in [3.05, 3.63) is 18.1 Å². The second-order valence-electron chi connectivity index (χ2n) is 2.88. The molecule has 0 aromatic carbocycles. The summed E-state index contributed by atoms with van der Waals surface area (Å²) in [4.78, 5) is 7.78. The van der Waals surface area contributed by atoms with Crippen molar-refractivity contribution in [1.82, 2.24) is 15.3 Å². The zero-order chi connectivity index (χ0) is 9.10. The second-order valence-corrected chi connectivity index (χ2v) is 2.88. The number of aromatic nitrogens is 2. The molecule has 0 radical (unpaired) electrons. The van der Waals surface area contributed by atoms with Gasteiger partial charge in [-0.15, -0.1) is 0 Å². The van der Waals surface area contributed by atoms with Gasteiger partial charge in [0.05, 0.1) is 6.04 Å². The first kappa shape index (κ1) is 7.95. The maximum Gasteiger partial charge on any atom is 0.234 e. The quantitative estimate of drug-likeness (QED) is 0.647. The van der Waals surface area contributed by atoms with Crippen molar-refractivity contribution in [1.29, 1.82) is 5.26 Å². The molecule has 0 atom stereocenters. The topological polar surface area (TPSA) is 73.6 Å². The summed E-state index contributed by atoms with van der Waals surface area (Å²) in [6.45, 7) is 1.90. The monoisotopic (exact) mass is 175 g/mol. The van der Waals surface area contributed by atoms with E-state index < -0.39 is 0 Å². The molecule has 0 saturated carbocycles. The third-order valence-electron chi connectivity index (χ3n) is 1.89. The SMILES string of the molecule is N#Cc1nccc(NC2CNC2)n1. The van der Waals surface area contributed by atoms with Crippen LogP contribution in [-0.2, 0) is 0 Å². The van der Waals surface area contributed by atoms with E-state index in [1.54, 1.807) is 12.3 Å². The molecule has 1 aromatic heterocycles. The molecule has 2 N–H and O–H groups in total. The van der Waals surface area contributed by atoms with Crippen LogP contribution in [0, 0.1) is 11.3 Å². The first-order chi connectivity index (χ1) is 6.38. The van der Waals surface area contributed by atoms with E-state index in [1.807, 2.05) is 6.07 Å². The summed E-state index contributed by atoms with van der Waals surface area (Å²) < 4.78 is 0. The minimum absolute atomic E-state index is 0.206. The lowest BCUT2D eigenvalue weighted by Crippen LogP contribution is -2.51. The smallest absolute Gasteiger partial charge is 0.234 e. The van der Waals surface area contributed by atoms with Gasteiger partial charge in [-0.1, -0.05) is 0 Å². The summed E-state index contributed by atoms with van der Waals surface area (Å²) >= 11 is 0. The summed E-state index contributed by atoms with van der Waals surface area (Å²) in [5.74, 6) is 0.926. The summed E-state index contributed by atoms with van der Waals surface area (Å²) in [7, 11) is 0. The highest BCUT2D eigenvalue weighted by Crippen LogP contribution is 2.05. The molecule has 1 fully saturated rings. The first-order valence-corrected chi connectivity index (χ1v) is 4.09. The van der Waals surface area contributed by atoms with Crippen LogP contribution in [0.2, 0.25) is 0 Å². The molecule has 13 heavy (non-hydrogen) atoms. The average molecular weight is 175 g/mol. The van der Waals surface area contributed by atoms with E-state index >= 15 is 0 Å². The highest BCUT2D eigenvalue weighted by atomic mass is 15.1. The van der Waals surface area contributed by atoms with Gasteiger partial charge in [-0.05, 0) is 6.07 Å². The Kier molecular flexibility index (Phi) is 2.06. The second kappa shape index (κ2) is 3.37. The molecule has 0 bridgehead atoms. The van der Waals surface area contributed by atoms with E-state index in [2.05, 4.69) is 20.6 Å². The van der Waals surface area contributed by atoms with Crippen LogP contribution in [0.3, 0.4) is 0 Å². The number of hydrogen-bond acceptors (Lipinski definition) is 5. The van der Waals surface area contributed by atoms with Gasteiger partial charge in [-0.2, -0.15) is 5.26 Å². The highest BCUT2D eigenvalue weighted by molar-refractivity contribution is 5.36. The average Bonchev–Trinajstić information content (AvgIpc) is 2.12.